The number of piperidine rings is 1. The number of nitrogens with zero attached hydrogens (tertiary/aromatic N) is 2. The molecule has 132 valence electrons. The Hall–Kier alpha value is -0.810. The molecule has 1 saturated carbocycles. The summed E-state index contributed by atoms with van der Waals surface area (Å²) in [5.74, 6) is 1.26. The van der Waals surface area contributed by atoms with E-state index >= 15 is 0 Å². The molecule has 0 aromatic rings. The van der Waals surface area contributed by atoms with E-state index in [1.165, 1.54) is 19.4 Å². The Morgan fingerprint density at radius 1 is 1.22 bits per heavy atom. The lowest BCUT2D eigenvalue weighted by Gasteiger charge is -2.35. The van der Waals surface area contributed by atoms with Crippen molar-refractivity contribution >= 4 is 6.03 Å². The lowest BCUT2D eigenvalue weighted by Crippen LogP contribution is -2.51. The maximum atomic E-state index is 12.7. The quantitative estimate of drug-likeness (QED) is 0.816. The van der Waals surface area contributed by atoms with Crippen LogP contribution in [0.25, 0.3) is 0 Å². The Bertz CT molecular complexity index is 384. The van der Waals surface area contributed by atoms with Crippen LogP contribution in [0.2, 0.25) is 0 Å². The number of hydrogen-bond acceptors (Lipinski definition) is 3. The Labute approximate surface area is 140 Å². The molecule has 2 saturated heterocycles. The smallest absolute Gasteiger partial charge is 0.317 e. The number of hydrogen-bond donors (Lipinski definition) is 1. The summed E-state index contributed by atoms with van der Waals surface area (Å²) in [6.45, 7) is 10.5. The second-order valence-corrected chi connectivity index (χ2v) is 8.03. The van der Waals surface area contributed by atoms with Gasteiger partial charge in [-0.3, -0.25) is 0 Å². The highest BCUT2D eigenvalue weighted by Gasteiger charge is 2.35. The standard InChI is InChI=1S/C18H33N3O2/c1-14(2)11-20-8-5-16(6-9-20)19-18(22)21(17-3-4-17)12-15-7-10-23-13-15/h14-17H,3-13H2,1-2H3,(H,19,22). The molecule has 5 nitrogen and oxygen atoms in total. The molecule has 3 fully saturated rings. The minimum Gasteiger partial charge on any atom is -0.381 e. The topological polar surface area (TPSA) is 44.8 Å². The molecule has 0 radical (unpaired) electrons. The SMILES string of the molecule is CC(C)CN1CCC(NC(=O)N(CC2CCOC2)C2CC2)CC1. The minimum atomic E-state index is 0.168. The molecule has 2 amide bonds. The van der Waals surface area contributed by atoms with E-state index in [1.807, 2.05) is 0 Å². The van der Waals surface area contributed by atoms with Crippen molar-refractivity contribution in [1.29, 1.82) is 0 Å². The molecule has 3 rings (SSSR count). The van der Waals surface area contributed by atoms with Crippen LogP contribution in [0.5, 0.6) is 0 Å². The summed E-state index contributed by atoms with van der Waals surface area (Å²) in [7, 11) is 0. The van der Waals surface area contributed by atoms with E-state index < -0.39 is 0 Å². The van der Waals surface area contributed by atoms with Crippen LogP contribution in [0.15, 0.2) is 0 Å². The summed E-state index contributed by atoms with van der Waals surface area (Å²) >= 11 is 0. The number of rotatable bonds is 6. The maximum Gasteiger partial charge on any atom is 0.317 e. The van der Waals surface area contributed by atoms with E-state index in [-0.39, 0.29) is 6.03 Å². The predicted octanol–water partition coefficient (Wildman–Crippen LogP) is 2.32. The zero-order chi connectivity index (χ0) is 16.2. The highest BCUT2D eigenvalue weighted by atomic mass is 16.5. The summed E-state index contributed by atoms with van der Waals surface area (Å²) in [6, 6.07) is 1.00. The van der Waals surface area contributed by atoms with Crippen LogP contribution in [0, 0.1) is 11.8 Å². The number of carbonyl (C=O) groups is 1. The molecule has 1 N–H and O–H groups in total. The zero-order valence-electron chi connectivity index (χ0n) is 14.8. The van der Waals surface area contributed by atoms with E-state index in [1.54, 1.807) is 0 Å². The zero-order valence-corrected chi connectivity index (χ0v) is 14.8. The molecule has 0 aromatic heterocycles. The molecule has 0 spiro atoms. The van der Waals surface area contributed by atoms with Crippen LogP contribution >= 0.6 is 0 Å². The average Bonchev–Trinajstić information content (AvgIpc) is 3.22. The van der Waals surface area contributed by atoms with Crippen molar-refractivity contribution in [2.24, 2.45) is 11.8 Å². The van der Waals surface area contributed by atoms with Gasteiger partial charge >= 0.3 is 6.03 Å². The van der Waals surface area contributed by atoms with E-state index in [4.69, 9.17) is 4.74 Å². The van der Waals surface area contributed by atoms with Gasteiger partial charge in [0.1, 0.15) is 0 Å². The number of likely N-dealkylation sites (tertiary alicyclic amines) is 1. The summed E-state index contributed by atoms with van der Waals surface area (Å²) in [4.78, 5) is 17.3. The van der Waals surface area contributed by atoms with E-state index in [0.717, 1.165) is 58.0 Å². The fourth-order valence-corrected chi connectivity index (χ4v) is 3.82. The second-order valence-electron chi connectivity index (χ2n) is 8.03. The van der Waals surface area contributed by atoms with Crippen molar-refractivity contribution in [3.05, 3.63) is 0 Å². The van der Waals surface area contributed by atoms with Crippen LogP contribution in [0.4, 0.5) is 4.79 Å². The number of carbonyl (C=O) groups excluding carboxylic acids is 1. The molecule has 5 heteroatoms. The molecule has 2 aliphatic heterocycles. The first-order valence-corrected chi connectivity index (χ1v) is 9.49. The molecular formula is C18H33N3O2. The molecule has 2 heterocycles. The highest BCUT2D eigenvalue weighted by Crippen LogP contribution is 2.29. The van der Waals surface area contributed by atoms with Crippen LogP contribution < -0.4 is 5.32 Å². The van der Waals surface area contributed by atoms with Gasteiger partial charge in [0.2, 0.25) is 0 Å². The van der Waals surface area contributed by atoms with Crippen molar-refractivity contribution in [3.63, 3.8) is 0 Å². The summed E-state index contributed by atoms with van der Waals surface area (Å²) in [6.07, 6.45) is 5.62. The normalized spacial score (nSPS) is 26.7. The Morgan fingerprint density at radius 2 is 1.96 bits per heavy atom. The molecule has 0 bridgehead atoms. The first-order chi connectivity index (χ1) is 11.1. The van der Waals surface area contributed by atoms with E-state index in [9.17, 15) is 4.79 Å². The minimum absolute atomic E-state index is 0.168. The maximum absolute atomic E-state index is 12.7. The molecule has 1 aliphatic carbocycles. The number of nitrogens with one attached hydrogen (secondary N) is 1. The number of amides is 2. The van der Waals surface area contributed by atoms with Crippen LogP contribution in [-0.2, 0) is 4.74 Å². The first kappa shape index (κ1) is 17.0. The monoisotopic (exact) mass is 323 g/mol. The molecule has 0 aromatic carbocycles. The summed E-state index contributed by atoms with van der Waals surface area (Å²) in [5.41, 5.74) is 0. The average molecular weight is 323 g/mol. The van der Waals surface area contributed by atoms with Gasteiger partial charge in [0.25, 0.3) is 0 Å². The van der Waals surface area contributed by atoms with Crippen molar-refractivity contribution in [2.45, 2.75) is 58.0 Å². The summed E-state index contributed by atoms with van der Waals surface area (Å²) in [5, 5.41) is 3.31. The number of urea groups is 1. The lowest BCUT2D eigenvalue weighted by atomic mass is 10.0. The van der Waals surface area contributed by atoms with Crippen molar-refractivity contribution in [3.8, 4) is 0 Å². The highest BCUT2D eigenvalue weighted by molar-refractivity contribution is 5.75. The largest absolute Gasteiger partial charge is 0.381 e. The fraction of sp³-hybridized carbons (Fsp3) is 0.944. The Morgan fingerprint density at radius 3 is 2.52 bits per heavy atom. The van der Waals surface area contributed by atoms with E-state index in [0.29, 0.717) is 18.0 Å². The van der Waals surface area contributed by atoms with Gasteiger partial charge in [0.15, 0.2) is 0 Å². The van der Waals surface area contributed by atoms with Gasteiger partial charge in [0.05, 0.1) is 6.61 Å². The summed E-state index contributed by atoms with van der Waals surface area (Å²) < 4.78 is 5.47. The predicted molar refractivity (Wildman–Crippen MR) is 91.5 cm³/mol. The second kappa shape index (κ2) is 7.84. The van der Waals surface area contributed by atoms with Crippen molar-refractivity contribution in [1.82, 2.24) is 15.1 Å². The third kappa shape index (κ3) is 5.08. The van der Waals surface area contributed by atoms with Gasteiger partial charge in [-0.2, -0.15) is 0 Å². The van der Waals surface area contributed by atoms with Crippen LogP contribution in [0.1, 0.15) is 46.0 Å². The van der Waals surface area contributed by atoms with Gasteiger partial charge in [-0.25, -0.2) is 4.79 Å². The third-order valence-corrected chi connectivity index (χ3v) is 5.27. The molecular weight excluding hydrogens is 290 g/mol. The first-order valence-electron chi connectivity index (χ1n) is 9.49. The lowest BCUT2D eigenvalue weighted by molar-refractivity contribution is 0.150. The van der Waals surface area contributed by atoms with Crippen molar-refractivity contribution < 1.29 is 9.53 Å². The van der Waals surface area contributed by atoms with Gasteiger partial charge < -0.3 is 19.9 Å². The Kier molecular flexibility index (Phi) is 5.81. The number of ether oxygens (including phenoxy) is 1. The molecule has 23 heavy (non-hydrogen) atoms. The van der Waals surface area contributed by atoms with E-state index in [2.05, 4.69) is 29.0 Å². The van der Waals surface area contributed by atoms with Crippen LogP contribution in [0.3, 0.4) is 0 Å². The van der Waals surface area contributed by atoms with Gasteiger partial charge in [-0.1, -0.05) is 13.8 Å². The third-order valence-electron chi connectivity index (χ3n) is 5.27. The Balaban J connectivity index is 1.44. The van der Waals surface area contributed by atoms with Gasteiger partial charge in [0, 0.05) is 50.8 Å². The van der Waals surface area contributed by atoms with Gasteiger partial charge in [-0.05, 0) is 38.0 Å². The molecule has 3 aliphatic rings. The molecule has 1 atom stereocenters. The van der Waals surface area contributed by atoms with Crippen LogP contribution in [-0.4, -0.2) is 67.3 Å². The molecule has 1 unspecified atom stereocenters. The fourth-order valence-electron chi connectivity index (χ4n) is 3.82. The van der Waals surface area contributed by atoms with Gasteiger partial charge in [-0.15, -0.1) is 0 Å². The van der Waals surface area contributed by atoms with Crippen molar-refractivity contribution in [2.75, 3.05) is 39.4 Å².